The predicted octanol–water partition coefficient (Wildman–Crippen LogP) is -1.81. The molecular formula is C9H10NNaO2. The molecule has 0 atom stereocenters. The number of carbonyl (C=O) groups excluding carboxylic acids is 2. The molecule has 1 aliphatic carbocycles. The Morgan fingerprint density at radius 1 is 1.31 bits per heavy atom. The second-order valence-corrected chi connectivity index (χ2v) is 2.84. The molecule has 0 saturated heterocycles. The SMILES string of the molecule is N#CCC[C-]1C(=O)CCCC1=O.[Na+]. The van der Waals surface area contributed by atoms with Gasteiger partial charge in [-0.3, -0.25) is 0 Å². The van der Waals surface area contributed by atoms with Gasteiger partial charge in [0, 0.05) is 18.0 Å². The van der Waals surface area contributed by atoms with Crippen LogP contribution in [0.5, 0.6) is 0 Å². The summed E-state index contributed by atoms with van der Waals surface area (Å²) >= 11 is 0. The van der Waals surface area contributed by atoms with Crippen LogP contribution in [0.1, 0.15) is 32.1 Å². The molecule has 0 amide bonds. The third-order valence-corrected chi connectivity index (χ3v) is 1.97. The summed E-state index contributed by atoms with van der Waals surface area (Å²) in [5.41, 5.74) is 0. The molecule has 0 bridgehead atoms. The molecular weight excluding hydrogens is 177 g/mol. The zero-order valence-corrected chi connectivity index (χ0v) is 9.80. The summed E-state index contributed by atoms with van der Waals surface area (Å²) in [6.07, 6.45) is 2.24. The predicted molar refractivity (Wildman–Crippen MR) is 42.0 cm³/mol. The molecule has 64 valence electrons. The molecule has 1 aliphatic rings. The van der Waals surface area contributed by atoms with Crippen LogP contribution in [0.3, 0.4) is 0 Å². The van der Waals surface area contributed by atoms with E-state index >= 15 is 0 Å². The van der Waals surface area contributed by atoms with E-state index in [0.29, 0.717) is 31.6 Å². The zero-order valence-electron chi connectivity index (χ0n) is 7.80. The van der Waals surface area contributed by atoms with E-state index in [2.05, 4.69) is 0 Å². The van der Waals surface area contributed by atoms with Crippen molar-refractivity contribution >= 4 is 11.6 Å². The molecule has 1 saturated carbocycles. The minimum absolute atomic E-state index is 0. The summed E-state index contributed by atoms with van der Waals surface area (Å²) in [7, 11) is 0. The minimum Gasteiger partial charge on any atom is -0.334 e. The summed E-state index contributed by atoms with van der Waals surface area (Å²) < 4.78 is 0. The largest absolute Gasteiger partial charge is 1.00 e. The van der Waals surface area contributed by atoms with E-state index in [1.165, 1.54) is 0 Å². The molecule has 0 spiro atoms. The molecule has 0 aromatic heterocycles. The third kappa shape index (κ3) is 3.51. The van der Waals surface area contributed by atoms with E-state index in [-0.39, 0.29) is 47.5 Å². The van der Waals surface area contributed by atoms with Gasteiger partial charge in [0.25, 0.3) is 0 Å². The number of Topliss-reactive ketones (excluding diaryl/α,β-unsaturated/α-hetero) is 2. The van der Waals surface area contributed by atoms with Crippen molar-refractivity contribution in [2.24, 2.45) is 0 Å². The van der Waals surface area contributed by atoms with Gasteiger partial charge in [0.2, 0.25) is 0 Å². The van der Waals surface area contributed by atoms with Gasteiger partial charge in [0.1, 0.15) is 0 Å². The van der Waals surface area contributed by atoms with Gasteiger partial charge in [0.15, 0.2) is 0 Å². The summed E-state index contributed by atoms with van der Waals surface area (Å²) in [5.74, 6) is 0.255. The average Bonchev–Trinajstić information content (AvgIpc) is 2.04. The van der Waals surface area contributed by atoms with Crippen molar-refractivity contribution in [1.29, 1.82) is 5.26 Å². The molecule has 1 rings (SSSR count). The van der Waals surface area contributed by atoms with E-state index in [0.717, 1.165) is 0 Å². The molecule has 0 heterocycles. The van der Waals surface area contributed by atoms with Crippen molar-refractivity contribution in [3.05, 3.63) is 5.92 Å². The fraction of sp³-hybridized carbons (Fsp3) is 0.556. The van der Waals surface area contributed by atoms with Gasteiger partial charge < -0.3 is 9.59 Å². The van der Waals surface area contributed by atoms with Crippen LogP contribution < -0.4 is 29.6 Å². The summed E-state index contributed by atoms with van der Waals surface area (Å²) in [5, 5.41) is 8.28. The summed E-state index contributed by atoms with van der Waals surface area (Å²) in [6.45, 7) is 0. The first-order valence-electron chi connectivity index (χ1n) is 4.05. The number of nitrogens with zero attached hydrogens (tertiary/aromatic N) is 1. The Labute approximate surface area is 99.8 Å². The molecule has 0 radical (unpaired) electrons. The molecule has 3 nitrogen and oxygen atoms in total. The molecule has 13 heavy (non-hydrogen) atoms. The fourth-order valence-corrected chi connectivity index (χ4v) is 1.33. The van der Waals surface area contributed by atoms with Gasteiger partial charge in [-0.25, -0.2) is 5.92 Å². The maximum atomic E-state index is 11.1. The van der Waals surface area contributed by atoms with Gasteiger partial charge in [-0.2, -0.15) is 5.26 Å². The first-order valence-corrected chi connectivity index (χ1v) is 4.05. The standard InChI is InChI=1S/C9H10NO2.Na/c10-6-2-3-7-8(11)4-1-5-9(7)12;/h1-5H2;/q-1;+1. The van der Waals surface area contributed by atoms with Gasteiger partial charge >= 0.3 is 29.6 Å². The van der Waals surface area contributed by atoms with Crippen LogP contribution in [0.2, 0.25) is 0 Å². The number of nitriles is 1. The quantitative estimate of drug-likeness (QED) is 0.378. The third-order valence-electron chi connectivity index (χ3n) is 1.97. The van der Waals surface area contributed by atoms with Crippen molar-refractivity contribution in [3.63, 3.8) is 0 Å². The molecule has 0 aliphatic heterocycles. The zero-order chi connectivity index (χ0) is 8.97. The van der Waals surface area contributed by atoms with Crippen LogP contribution in [0, 0.1) is 17.2 Å². The Hall–Kier alpha value is -0.300. The van der Waals surface area contributed by atoms with Crippen LogP contribution in [0.25, 0.3) is 0 Å². The molecule has 0 aromatic carbocycles. The maximum Gasteiger partial charge on any atom is 1.00 e. The van der Waals surface area contributed by atoms with Gasteiger partial charge in [-0.1, -0.05) is 0 Å². The topological polar surface area (TPSA) is 57.9 Å². The van der Waals surface area contributed by atoms with E-state index in [1.807, 2.05) is 6.07 Å². The maximum absolute atomic E-state index is 11.1. The van der Waals surface area contributed by atoms with Crippen molar-refractivity contribution in [1.82, 2.24) is 0 Å². The van der Waals surface area contributed by atoms with Crippen LogP contribution in [0.4, 0.5) is 0 Å². The molecule has 0 aromatic rings. The summed E-state index contributed by atoms with van der Waals surface area (Å²) in [6, 6.07) is 1.93. The number of hydrogen-bond donors (Lipinski definition) is 0. The Balaban J connectivity index is 0.00000144. The molecule has 4 heteroatoms. The van der Waals surface area contributed by atoms with Crippen LogP contribution in [0.15, 0.2) is 0 Å². The van der Waals surface area contributed by atoms with Crippen molar-refractivity contribution < 1.29 is 39.1 Å². The van der Waals surface area contributed by atoms with Gasteiger partial charge in [-0.15, -0.1) is 6.42 Å². The first-order chi connectivity index (χ1) is 5.75. The molecule has 0 unspecified atom stereocenters. The van der Waals surface area contributed by atoms with E-state index < -0.39 is 0 Å². The van der Waals surface area contributed by atoms with Crippen LogP contribution >= 0.6 is 0 Å². The van der Waals surface area contributed by atoms with Crippen LogP contribution in [-0.2, 0) is 9.59 Å². The Bertz CT molecular complexity index is 228. The van der Waals surface area contributed by atoms with Crippen LogP contribution in [-0.4, -0.2) is 11.6 Å². The molecule has 1 fully saturated rings. The Kier molecular flexibility index (Phi) is 6.06. The van der Waals surface area contributed by atoms with Crippen molar-refractivity contribution in [3.8, 4) is 6.07 Å². The van der Waals surface area contributed by atoms with Crippen molar-refractivity contribution in [2.45, 2.75) is 32.1 Å². The normalized spacial score (nSPS) is 16.4. The average molecular weight is 187 g/mol. The second-order valence-electron chi connectivity index (χ2n) is 2.84. The number of rotatable bonds is 2. The number of hydrogen-bond acceptors (Lipinski definition) is 3. The Morgan fingerprint density at radius 2 is 1.85 bits per heavy atom. The number of ketones is 2. The van der Waals surface area contributed by atoms with E-state index in [9.17, 15) is 9.59 Å². The second kappa shape index (κ2) is 6.20. The minimum atomic E-state index is -0.0542. The Morgan fingerprint density at radius 3 is 2.31 bits per heavy atom. The summed E-state index contributed by atoms with van der Waals surface area (Å²) in [4.78, 5) is 22.3. The fourth-order valence-electron chi connectivity index (χ4n) is 1.33. The smallest absolute Gasteiger partial charge is 0.334 e. The van der Waals surface area contributed by atoms with Gasteiger partial charge in [-0.05, 0) is 19.3 Å². The number of carbonyl (C=O) groups is 2. The van der Waals surface area contributed by atoms with E-state index in [4.69, 9.17) is 5.26 Å². The van der Waals surface area contributed by atoms with Gasteiger partial charge in [0.05, 0.1) is 6.07 Å². The monoisotopic (exact) mass is 187 g/mol. The first kappa shape index (κ1) is 12.7. The molecule has 0 N–H and O–H groups in total. The van der Waals surface area contributed by atoms with Crippen molar-refractivity contribution in [2.75, 3.05) is 0 Å². The van der Waals surface area contributed by atoms with E-state index in [1.54, 1.807) is 0 Å².